The molecule has 3 saturated carbocycles. The molecule has 14 heavy (non-hydrogen) atoms. The second kappa shape index (κ2) is 2.53. The molecule has 0 aromatic carbocycles. The van der Waals surface area contributed by atoms with E-state index < -0.39 is 0 Å². The highest BCUT2D eigenvalue weighted by molar-refractivity contribution is 5.73. The lowest BCUT2D eigenvalue weighted by molar-refractivity contribution is -0.120. The van der Waals surface area contributed by atoms with Crippen LogP contribution in [0, 0.1) is 23.2 Å². The molecule has 5 atom stereocenters. The van der Waals surface area contributed by atoms with Gasteiger partial charge in [0.2, 0.25) is 5.91 Å². The first-order chi connectivity index (χ1) is 6.60. The molecule has 0 aromatic heterocycles. The summed E-state index contributed by atoms with van der Waals surface area (Å²) in [6.07, 6.45) is 5.50. The third-order valence-electron chi connectivity index (χ3n) is 5.03. The van der Waals surface area contributed by atoms with Crippen LogP contribution >= 0.6 is 0 Å². The zero-order chi connectivity index (χ0) is 9.92. The molecule has 2 nitrogen and oxygen atoms in total. The second-order valence-electron chi connectivity index (χ2n) is 5.89. The lowest BCUT2D eigenvalue weighted by Gasteiger charge is -2.37. The van der Waals surface area contributed by atoms with Crippen molar-refractivity contribution in [2.75, 3.05) is 0 Å². The molecule has 0 heterocycles. The fraction of sp³-hybridized carbons (Fsp3) is 0.917. The minimum absolute atomic E-state index is 0.158. The van der Waals surface area contributed by atoms with Gasteiger partial charge in [0.05, 0.1) is 0 Å². The topological polar surface area (TPSA) is 29.1 Å². The van der Waals surface area contributed by atoms with Gasteiger partial charge in [0, 0.05) is 13.0 Å². The summed E-state index contributed by atoms with van der Waals surface area (Å²) < 4.78 is 0. The first-order valence-electron chi connectivity index (χ1n) is 5.87. The van der Waals surface area contributed by atoms with E-state index in [0.29, 0.717) is 11.5 Å². The Labute approximate surface area is 85.4 Å². The lowest BCUT2D eigenvalue weighted by atomic mass is 9.72. The maximum atomic E-state index is 11.1. The molecule has 1 N–H and O–H groups in total. The van der Waals surface area contributed by atoms with Crippen LogP contribution in [0.1, 0.15) is 39.5 Å². The van der Waals surface area contributed by atoms with E-state index in [2.05, 4.69) is 12.2 Å². The number of rotatable bonds is 1. The summed E-state index contributed by atoms with van der Waals surface area (Å²) in [6, 6.07) is 0.503. The third kappa shape index (κ3) is 0.945. The van der Waals surface area contributed by atoms with Crippen molar-refractivity contribution in [3.63, 3.8) is 0 Å². The Balaban J connectivity index is 1.84. The van der Waals surface area contributed by atoms with Crippen LogP contribution in [0.5, 0.6) is 0 Å². The Morgan fingerprint density at radius 3 is 2.86 bits per heavy atom. The van der Waals surface area contributed by atoms with Gasteiger partial charge in [-0.3, -0.25) is 4.79 Å². The van der Waals surface area contributed by atoms with Crippen molar-refractivity contribution >= 4 is 5.91 Å². The number of amides is 1. The van der Waals surface area contributed by atoms with Crippen molar-refractivity contribution in [3.8, 4) is 0 Å². The molecule has 0 spiro atoms. The smallest absolute Gasteiger partial charge is 0.217 e. The first kappa shape index (κ1) is 8.75. The Morgan fingerprint density at radius 2 is 2.29 bits per heavy atom. The van der Waals surface area contributed by atoms with Gasteiger partial charge in [0.1, 0.15) is 0 Å². The van der Waals surface area contributed by atoms with Crippen molar-refractivity contribution < 1.29 is 4.79 Å². The molecular weight excluding hydrogens is 174 g/mol. The van der Waals surface area contributed by atoms with Crippen molar-refractivity contribution in [1.29, 1.82) is 0 Å². The summed E-state index contributed by atoms with van der Waals surface area (Å²) >= 11 is 0. The van der Waals surface area contributed by atoms with Gasteiger partial charge in [-0.15, -0.1) is 0 Å². The molecule has 3 rings (SSSR count). The van der Waals surface area contributed by atoms with Crippen molar-refractivity contribution in [2.24, 2.45) is 23.2 Å². The predicted octanol–water partition coefficient (Wildman–Crippen LogP) is 1.95. The highest BCUT2D eigenvalue weighted by Gasteiger charge is 2.62. The van der Waals surface area contributed by atoms with Crippen LogP contribution in [0.25, 0.3) is 0 Å². The van der Waals surface area contributed by atoms with Crippen LogP contribution < -0.4 is 5.32 Å². The first-order valence-corrected chi connectivity index (χ1v) is 5.87. The molecule has 78 valence electrons. The minimum atomic E-state index is 0.158. The van der Waals surface area contributed by atoms with Crippen LogP contribution in [0.3, 0.4) is 0 Å². The Kier molecular flexibility index (Phi) is 1.58. The van der Waals surface area contributed by atoms with Gasteiger partial charge in [-0.1, -0.05) is 6.92 Å². The molecular formula is C12H19NO. The zero-order valence-corrected chi connectivity index (χ0v) is 9.05. The molecule has 3 fully saturated rings. The predicted molar refractivity (Wildman–Crippen MR) is 54.6 cm³/mol. The quantitative estimate of drug-likeness (QED) is 0.677. The standard InChI is InChI=1S/C12H19NO/c1-7(14)13-10-5-8-6-12(2)4-3-9(8)11(10)12/h8-11H,3-6H2,1-2H3,(H,13,14). The van der Waals surface area contributed by atoms with E-state index >= 15 is 0 Å². The molecule has 5 unspecified atom stereocenters. The minimum Gasteiger partial charge on any atom is -0.353 e. The summed E-state index contributed by atoms with van der Waals surface area (Å²) in [5.41, 5.74) is 0.570. The molecule has 0 aromatic rings. The van der Waals surface area contributed by atoms with E-state index in [1.54, 1.807) is 6.92 Å². The van der Waals surface area contributed by atoms with Crippen LogP contribution in [-0.2, 0) is 4.79 Å². The second-order valence-corrected chi connectivity index (χ2v) is 5.89. The van der Waals surface area contributed by atoms with Gasteiger partial charge >= 0.3 is 0 Å². The molecule has 3 aliphatic rings. The van der Waals surface area contributed by atoms with Gasteiger partial charge in [0.25, 0.3) is 0 Å². The normalized spacial score (nSPS) is 53.9. The molecule has 1 amide bonds. The van der Waals surface area contributed by atoms with Crippen LogP contribution in [0.15, 0.2) is 0 Å². The Morgan fingerprint density at radius 1 is 1.50 bits per heavy atom. The molecule has 2 heteroatoms. The number of nitrogens with one attached hydrogen (secondary N) is 1. The van der Waals surface area contributed by atoms with Crippen LogP contribution in [-0.4, -0.2) is 11.9 Å². The van der Waals surface area contributed by atoms with Gasteiger partial charge in [-0.2, -0.15) is 0 Å². The van der Waals surface area contributed by atoms with Crippen molar-refractivity contribution in [2.45, 2.75) is 45.6 Å². The maximum Gasteiger partial charge on any atom is 0.217 e. The molecule has 0 saturated heterocycles. The molecule has 3 aliphatic carbocycles. The Hall–Kier alpha value is -0.530. The van der Waals surface area contributed by atoms with Gasteiger partial charge in [-0.05, 0) is 48.9 Å². The van der Waals surface area contributed by atoms with Gasteiger partial charge in [-0.25, -0.2) is 0 Å². The highest BCUT2D eigenvalue weighted by atomic mass is 16.1. The average Bonchev–Trinajstić information content (AvgIpc) is 2.62. The summed E-state index contributed by atoms with van der Waals surface area (Å²) in [7, 11) is 0. The maximum absolute atomic E-state index is 11.1. The van der Waals surface area contributed by atoms with E-state index in [1.165, 1.54) is 25.7 Å². The number of carbonyl (C=O) groups excluding carboxylic acids is 1. The number of carbonyl (C=O) groups is 1. The van der Waals surface area contributed by atoms with E-state index in [-0.39, 0.29) is 5.91 Å². The molecule has 4 bridgehead atoms. The fourth-order valence-corrected chi connectivity index (χ4v) is 4.80. The lowest BCUT2D eigenvalue weighted by Crippen LogP contribution is -2.43. The van der Waals surface area contributed by atoms with Crippen LogP contribution in [0.4, 0.5) is 0 Å². The van der Waals surface area contributed by atoms with Gasteiger partial charge < -0.3 is 5.32 Å². The van der Waals surface area contributed by atoms with E-state index in [9.17, 15) is 4.79 Å². The number of hydrogen-bond acceptors (Lipinski definition) is 1. The Bertz CT molecular complexity index is 288. The summed E-state index contributed by atoms with van der Waals surface area (Å²) in [4.78, 5) is 11.1. The fourth-order valence-electron chi connectivity index (χ4n) is 4.80. The number of hydrogen-bond donors (Lipinski definition) is 1. The average molecular weight is 193 g/mol. The largest absolute Gasteiger partial charge is 0.353 e. The van der Waals surface area contributed by atoms with E-state index in [0.717, 1.165) is 17.8 Å². The zero-order valence-electron chi connectivity index (χ0n) is 9.05. The molecule has 0 radical (unpaired) electrons. The monoisotopic (exact) mass is 193 g/mol. The van der Waals surface area contributed by atoms with E-state index in [4.69, 9.17) is 0 Å². The van der Waals surface area contributed by atoms with Gasteiger partial charge in [0.15, 0.2) is 0 Å². The summed E-state index contributed by atoms with van der Waals surface area (Å²) in [6.45, 7) is 4.09. The third-order valence-corrected chi connectivity index (χ3v) is 5.03. The van der Waals surface area contributed by atoms with Crippen molar-refractivity contribution in [3.05, 3.63) is 0 Å². The van der Waals surface area contributed by atoms with Crippen LogP contribution in [0.2, 0.25) is 0 Å². The SMILES string of the molecule is CC(=O)NC1CC2CC3(C)CCC2C13. The molecule has 0 aliphatic heterocycles. The van der Waals surface area contributed by atoms with Crippen molar-refractivity contribution in [1.82, 2.24) is 5.32 Å². The summed E-state index contributed by atoms with van der Waals surface area (Å²) in [5, 5.41) is 3.16. The highest BCUT2D eigenvalue weighted by Crippen LogP contribution is 2.67. The summed E-state index contributed by atoms with van der Waals surface area (Å²) in [5.74, 6) is 2.83. The van der Waals surface area contributed by atoms with E-state index in [1.807, 2.05) is 0 Å².